The Hall–Kier alpha value is -2.75. The van der Waals surface area contributed by atoms with Gasteiger partial charge in [0.2, 0.25) is 0 Å². The van der Waals surface area contributed by atoms with E-state index in [1.165, 1.54) is 33.3 Å². The van der Waals surface area contributed by atoms with E-state index in [2.05, 4.69) is 14.8 Å². The van der Waals surface area contributed by atoms with Crippen molar-refractivity contribution >= 4 is 31.4 Å². The largest absolute Gasteiger partial charge is 0.468 e. The van der Waals surface area contributed by atoms with Crippen LogP contribution in [0, 0.1) is 11.8 Å². The molecular weight excluding hydrogens is 445 g/mol. The Morgan fingerprint density at radius 3 is 1.72 bits per heavy atom. The fourth-order valence-electron chi connectivity index (χ4n) is 2.92. The second kappa shape index (κ2) is 12.3. The number of methoxy groups -OCH3 is 3. The highest BCUT2D eigenvalue weighted by molar-refractivity contribution is 7.52. The molecule has 0 radical (unpaired) electrons. The Morgan fingerprint density at radius 1 is 0.844 bits per heavy atom. The Balaban J connectivity index is 3.10. The number of esters is 3. The summed E-state index contributed by atoms with van der Waals surface area (Å²) in [6.07, 6.45) is 0.00363. The van der Waals surface area contributed by atoms with Crippen LogP contribution in [0.2, 0.25) is 0 Å². The van der Waals surface area contributed by atoms with Crippen molar-refractivity contribution in [1.82, 2.24) is 5.32 Å². The smallest absolute Gasteiger partial charge is 0.334 e. The predicted octanol–water partition coefficient (Wildman–Crippen LogP) is 1.54. The first-order chi connectivity index (χ1) is 15.1. The zero-order valence-electron chi connectivity index (χ0n) is 18.8. The summed E-state index contributed by atoms with van der Waals surface area (Å²) in [6, 6.07) is 4.68. The Morgan fingerprint density at radius 2 is 1.31 bits per heavy atom. The van der Waals surface area contributed by atoms with Crippen molar-refractivity contribution < 1.29 is 47.0 Å². The number of carbonyl (C=O) groups is 4. The van der Waals surface area contributed by atoms with E-state index in [-0.39, 0.29) is 11.7 Å². The first kappa shape index (κ1) is 27.3. The van der Waals surface area contributed by atoms with Gasteiger partial charge in [0.15, 0.2) is 5.92 Å². The van der Waals surface area contributed by atoms with E-state index in [0.717, 1.165) is 21.3 Å². The minimum absolute atomic E-state index is 0.00363. The molecule has 0 aliphatic rings. The number of carbonyl (C=O) groups excluding carboxylic acids is 4. The fourth-order valence-corrected chi connectivity index (χ4v) is 3.98. The van der Waals surface area contributed by atoms with E-state index in [0.29, 0.717) is 5.56 Å². The molecule has 0 fully saturated rings. The van der Waals surface area contributed by atoms with Crippen molar-refractivity contribution in [2.24, 2.45) is 11.8 Å². The number of ether oxygens (including phenoxy) is 3. The molecule has 0 spiro atoms. The third kappa shape index (κ3) is 6.88. The van der Waals surface area contributed by atoms with Gasteiger partial charge in [0, 0.05) is 25.7 Å². The molecule has 1 amide bonds. The summed E-state index contributed by atoms with van der Waals surface area (Å²) in [7, 11) is 2.55. The van der Waals surface area contributed by atoms with Gasteiger partial charge in [-0.1, -0.05) is 19.1 Å². The number of amides is 1. The standard InChI is InChI=1S/C20H28NO10P/c1-12(15(18(23)27-2)19(24)28-3)16(20(25)29-4)21-17(22)14-9-7-13(8-10-14)11-32(26,30-5)31-6/h7-10,12,15-16H,11H2,1-6H3,(H,21,22)/t12-,16+/m0/s1. The zero-order chi connectivity index (χ0) is 24.5. The van der Waals surface area contributed by atoms with Crippen LogP contribution in [0.4, 0.5) is 0 Å². The molecule has 1 rings (SSSR count). The topological polar surface area (TPSA) is 144 Å². The maximum atomic E-state index is 12.7. The van der Waals surface area contributed by atoms with Gasteiger partial charge >= 0.3 is 25.5 Å². The molecular formula is C20H28NO10P. The van der Waals surface area contributed by atoms with Crippen LogP contribution in [-0.2, 0) is 48.4 Å². The fraction of sp³-hybridized carbons (Fsp3) is 0.500. The molecule has 1 aromatic carbocycles. The van der Waals surface area contributed by atoms with E-state index in [9.17, 15) is 23.7 Å². The predicted molar refractivity (Wildman–Crippen MR) is 112 cm³/mol. The van der Waals surface area contributed by atoms with Gasteiger partial charge in [-0.3, -0.25) is 18.9 Å². The van der Waals surface area contributed by atoms with Gasteiger partial charge in [0.05, 0.1) is 27.5 Å². The highest BCUT2D eigenvalue weighted by Gasteiger charge is 2.42. The van der Waals surface area contributed by atoms with Crippen molar-refractivity contribution in [2.75, 3.05) is 35.5 Å². The van der Waals surface area contributed by atoms with Gasteiger partial charge in [-0.25, -0.2) is 4.79 Å². The van der Waals surface area contributed by atoms with Gasteiger partial charge in [-0.15, -0.1) is 0 Å². The second-order valence-corrected chi connectivity index (χ2v) is 8.96. The first-order valence-corrected chi connectivity index (χ1v) is 11.1. The van der Waals surface area contributed by atoms with Crippen molar-refractivity contribution in [1.29, 1.82) is 0 Å². The van der Waals surface area contributed by atoms with Crippen LogP contribution in [0.3, 0.4) is 0 Å². The van der Waals surface area contributed by atoms with Gasteiger partial charge in [0.25, 0.3) is 5.91 Å². The lowest BCUT2D eigenvalue weighted by atomic mass is 9.87. The van der Waals surface area contributed by atoms with Gasteiger partial charge < -0.3 is 28.6 Å². The summed E-state index contributed by atoms with van der Waals surface area (Å²) in [5, 5.41) is 2.48. The molecule has 0 aromatic heterocycles. The van der Waals surface area contributed by atoms with Crippen LogP contribution in [0.15, 0.2) is 24.3 Å². The van der Waals surface area contributed by atoms with Crippen LogP contribution >= 0.6 is 7.60 Å². The number of hydrogen-bond acceptors (Lipinski definition) is 10. The number of hydrogen-bond donors (Lipinski definition) is 1. The summed E-state index contributed by atoms with van der Waals surface area (Å²) < 4.78 is 36.0. The normalized spacial score (nSPS) is 13.1. The molecule has 1 aromatic rings. The van der Waals surface area contributed by atoms with Crippen LogP contribution in [0.25, 0.3) is 0 Å². The summed E-state index contributed by atoms with van der Waals surface area (Å²) in [4.78, 5) is 49.2. The van der Waals surface area contributed by atoms with Crippen LogP contribution in [-0.4, -0.2) is 65.4 Å². The maximum Gasteiger partial charge on any atom is 0.334 e. The van der Waals surface area contributed by atoms with Crippen molar-refractivity contribution in [3.05, 3.63) is 35.4 Å². The molecule has 0 saturated heterocycles. The highest BCUT2D eigenvalue weighted by Crippen LogP contribution is 2.49. The Labute approximate surface area is 186 Å². The SMILES string of the molecule is COC(=O)C(C(=O)OC)[C@H](C)[C@@H](NC(=O)c1ccc(CP(=O)(OC)OC)cc1)C(=O)OC. The van der Waals surface area contributed by atoms with Gasteiger partial charge in [-0.2, -0.15) is 0 Å². The van der Waals surface area contributed by atoms with Crippen LogP contribution in [0.5, 0.6) is 0 Å². The third-order valence-corrected chi connectivity index (χ3v) is 6.72. The van der Waals surface area contributed by atoms with Crippen molar-refractivity contribution in [2.45, 2.75) is 19.1 Å². The van der Waals surface area contributed by atoms with E-state index >= 15 is 0 Å². The van der Waals surface area contributed by atoms with E-state index in [4.69, 9.17) is 13.8 Å². The quantitative estimate of drug-likeness (QED) is 0.217. The first-order valence-electron chi connectivity index (χ1n) is 9.41. The summed E-state index contributed by atoms with van der Waals surface area (Å²) in [5.41, 5.74) is 0.773. The molecule has 0 unspecified atom stereocenters. The average Bonchev–Trinajstić information content (AvgIpc) is 2.81. The molecule has 178 valence electrons. The van der Waals surface area contributed by atoms with Crippen molar-refractivity contribution in [3.8, 4) is 0 Å². The highest BCUT2D eigenvalue weighted by atomic mass is 31.2. The number of nitrogens with one attached hydrogen (secondary N) is 1. The summed E-state index contributed by atoms with van der Waals surface area (Å²) in [6.45, 7) is 1.41. The number of benzene rings is 1. The molecule has 0 heterocycles. The molecule has 11 nitrogen and oxygen atoms in total. The second-order valence-electron chi connectivity index (χ2n) is 6.69. The molecule has 0 aliphatic heterocycles. The zero-order valence-corrected chi connectivity index (χ0v) is 19.7. The summed E-state index contributed by atoms with van der Waals surface area (Å²) >= 11 is 0. The molecule has 1 N–H and O–H groups in total. The molecule has 0 aliphatic carbocycles. The van der Waals surface area contributed by atoms with E-state index in [1.807, 2.05) is 0 Å². The van der Waals surface area contributed by atoms with Crippen LogP contribution in [0.1, 0.15) is 22.8 Å². The van der Waals surface area contributed by atoms with Gasteiger partial charge in [-0.05, 0) is 17.7 Å². The van der Waals surface area contributed by atoms with E-state index in [1.54, 1.807) is 12.1 Å². The molecule has 32 heavy (non-hydrogen) atoms. The monoisotopic (exact) mass is 473 g/mol. The molecule has 2 atom stereocenters. The Bertz CT molecular complexity index is 846. The number of rotatable bonds is 11. The lowest BCUT2D eigenvalue weighted by Gasteiger charge is -2.27. The van der Waals surface area contributed by atoms with Gasteiger partial charge in [0.1, 0.15) is 6.04 Å². The average molecular weight is 473 g/mol. The molecule has 0 bridgehead atoms. The molecule has 0 saturated carbocycles. The van der Waals surface area contributed by atoms with Crippen LogP contribution < -0.4 is 5.32 Å². The minimum atomic E-state index is -3.28. The maximum absolute atomic E-state index is 12.7. The lowest BCUT2D eigenvalue weighted by molar-refractivity contribution is -0.163. The summed E-state index contributed by atoms with van der Waals surface area (Å²) in [5.74, 6) is -5.86. The van der Waals surface area contributed by atoms with Crippen molar-refractivity contribution in [3.63, 3.8) is 0 Å². The third-order valence-electron chi connectivity index (χ3n) is 4.85. The molecule has 12 heteroatoms. The van der Waals surface area contributed by atoms with E-state index < -0.39 is 49.3 Å². The lowest BCUT2D eigenvalue weighted by Crippen LogP contribution is -2.51. The Kier molecular flexibility index (Phi) is 10.5. The minimum Gasteiger partial charge on any atom is -0.468 e.